The number of rotatable bonds is 5. The van der Waals surface area contributed by atoms with Crippen LogP contribution in [0.15, 0.2) is 34.7 Å². The minimum Gasteiger partial charge on any atom is -0.397 e. The summed E-state index contributed by atoms with van der Waals surface area (Å²) in [6.07, 6.45) is 1.54. The van der Waals surface area contributed by atoms with Crippen LogP contribution < -0.4 is 0 Å². The van der Waals surface area contributed by atoms with Gasteiger partial charge in [-0.1, -0.05) is 26.0 Å². The van der Waals surface area contributed by atoms with E-state index in [-0.39, 0.29) is 11.5 Å². The molecule has 1 aromatic heterocycles. The molecule has 0 aliphatic rings. The Balaban J connectivity index is 2.43. The monoisotopic (exact) mass is 273 g/mol. The smallest absolute Gasteiger partial charge is 0.397 e. The molecule has 104 valence electrons. The van der Waals surface area contributed by atoms with Crippen molar-refractivity contribution in [3.05, 3.63) is 62.9 Å². The van der Waals surface area contributed by atoms with E-state index in [1.807, 2.05) is 32.0 Å². The first-order valence-corrected chi connectivity index (χ1v) is 6.47. The summed E-state index contributed by atoms with van der Waals surface area (Å²) in [4.78, 5) is 22.4. The lowest BCUT2D eigenvalue weighted by Crippen LogP contribution is -2.05. The number of hydrogen-bond donors (Lipinski definition) is 0. The quantitative estimate of drug-likeness (QED) is 0.474. The van der Waals surface area contributed by atoms with Crippen LogP contribution in [0.1, 0.15) is 41.1 Å². The van der Waals surface area contributed by atoms with Gasteiger partial charge in [0.2, 0.25) is 5.78 Å². The summed E-state index contributed by atoms with van der Waals surface area (Å²) >= 11 is 0. The van der Waals surface area contributed by atoms with E-state index in [1.54, 1.807) is 0 Å². The summed E-state index contributed by atoms with van der Waals surface area (Å²) in [6, 6.07) is 8.28. The molecular weight excluding hydrogens is 258 g/mol. The summed E-state index contributed by atoms with van der Waals surface area (Å²) < 4.78 is 4.99. The van der Waals surface area contributed by atoms with E-state index in [1.165, 1.54) is 12.1 Å². The lowest BCUT2D eigenvalue weighted by Gasteiger charge is -2.07. The second-order valence-corrected chi connectivity index (χ2v) is 4.42. The Hall–Kier alpha value is -2.43. The Labute approximate surface area is 116 Å². The van der Waals surface area contributed by atoms with Crippen molar-refractivity contribution in [3.8, 4) is 0 Å². The molecule has 5 heteroatoms. The van der Waals surface area contributed by atoms with Gasteiger partial charge in [0, 0.05) is 5.56 Å². The standard InChI is InChI=1S/C15H15NO4/c1-3-10-5-6-11(4-2)12(9-10)15(17)13-7-8-14(20-13)16(18)19/h5-9H,3-4H2,1-2H3. The van der Waals surface area contributed by atoms with Gasteiger partial charge in [-0.05, 0) is 36.1 Å². The third-order valence-corrected chi connectivity index (χ3v) is 3.20. The highest BCUT2D eigenvalue weighted by Crippen LogP contribution is 2.22. The Kier molecular flexibility index (Phi) is 3.98. The van der Waals surface area contributed by atoms with Crippen molar-refractivity contribution in [1.82, 2.24) is 0 Å². The lowest BCUT2D eigenvalue weighted by atomic mass is 9.97. The third-order valence-electron chi connectivity index (χ3n) is 3.20. The van der Waals surface area contributed by atoms with Gasteiger partial charge in [0.15, 0.2) is 5.76 Å². The number of benzene rings is 1. The predicted molar refractivity (Wildman–Crippen MR) is 74.0 cm³/mol. The van der Waals surface area contributed by atoms with Crippen molar-refractivity contribution < 1.29 is 14.1 Å². The molecule has 0 aliphatic heterocycles. The van der Waals surface area contributed by atoms with Crippen molar-refractivity contribution in [2.75, 3.05) is 0 Å². The molecular formula is C15H15NO4. The minimum atomic E-state index is -0.653. The highest BCUT2D eigenvalue weighted by Gasteiger charge is 2.20. The summed E-state index contributed by atoms with van der Waals surface area (Å²) in [5.41, 5.74) is 2.51. The zero-order valence-corrected chi connectivity index (χ0v) is 11.4. The molecule has 0 spiro atoms. The van der Waals surface area contributed by atoms with Crippen LogP contribution in [0.3, 0.4) is 0 Å². The molecule has 0 saturated carbocycles. The number of carbonyl (C=O) groups is 1. The van der Waals surface area contributed by atoms with Gasteiger partial charge >= 0.3 is 5.88 Å². The topological polar surface area (TPSA) is 73.3 Å². The van der Waals surface area contributed by atoms with Crippen LogP contribution >= 0.6 is 0 Å². The number of aryl methyl sites for hydroxylation is 2. The normalized spacial score (nSPS) is 10.5. The number of nitro groups is 1. The molecule has 0 atom stereocenters. The predicted octanol–water partition coefficient (Wildman–Crippen LogP) is 3.54. The van der Waals surface area contributed by atoms with Crippen LogP contribution in [-0.4, -0.2) is 10.7 Å². The molecule has 0 amide bonds. The van der Waals surface area contributed by atoms with Crippen LogP contribution in [-0.2, 0) is 12.8 Å². The van der Waals surface area contributed by atoms with Gasteiger partial charge in [-0.25, -0.2) is 0 Å². The summed E-state index contributed by atoms with van der Waals surface area (Å²) in [5, 5.41) is 10.6. The van der Waals surface area contributed by atoms with E-state index >= 15 is 0 Å². The molecule has 20 heavy (non-hydrogen) atoms. The van der Waals surface area contributed by atoms with Crippen molar-refractivity contribution in [2.24, 2.45) is 0 Å². The summed E-state index contributed by atoms with van der Waals surface area (Å²) in [7, 11) is 0. The van der Waals surface area contributed by atoms with Gasteiger partial charge in [-0.3, -0.25) is 14.9 Å². The van der Waals surface area contributed by atoms with Crippen LogP contribution in [0, 0.1) is 10.1 Å². The van der Waals surface area contributed by atoms with Gasteiger partial charge in [0.1, 0.15) is 4.92 Å². The molecule has 2 rings (SSSR count). The van der Waals surface area contributed by atoms with Crippen LogP contribution in [0.25, 0.3) is 0 Å². The molecule has 0 fully saturated rings. The molecule has 2 aromatic rings. The molecule has 1 heterocycles. The number of ketones is 1. The Morgan fingerprint density at radius 3 is 2.50 bits per heavy atom. The van der Waals surface area contributed by atoms with Crippen molar-refractivity contribution in [3.63, 3.8) is 0 Å². The first kappa shape index (κ1) is 14.0. The number of hydrogen-bond acceptors (Lipinski definition) is 4. The molecule has 0 bridgehead atoms. The van der Waals surface area contributed by atoms with Gasteiger partial charge in [0.05, 0.1) is 6.07 Å². The van der Waals surface area contributed by atoms with Gasteiger partial charge < -0.3 is 4.42 Å². The summed E-state index contributed by atoms with van der Waals surface area (Å²) in [6.45, 7) is 3.97. The average molecular weight is 273 g/mol. The van der Waals surface area contributed by atoms with E-state index in [9.17, 15) is 14.9 Å². The highest BCUT2D eigenvalue weighted by atomic mass is 16.6. The highest BCUT2D eigenvalue weighted by molar-refractivity contribution is 6.08. The Morgan fingerprint density at radius 1 is 1.20 bits per heavy atom. The van der Waals surface area contributed by atoms with Crippen molar-refractivity contribution >= 4 is 11.7 Å². The van der Waals surface area contributed by atoms with Gasteiger partial charge in [-0.2, -0.15) is 0 Å². The number of nitrogens with zero attached hydrogens (tertiary/aromatic N) is 1. The van der Waals surface area contributed by atoms with E-state index in [2.05, 4.69) is 0 Å². The second-order valence-electron chi connectivity index (χ2n) is 4.42. The minimum absolute atomic E-state index is 0.000321. The van der Waals surface area contributed by atoms with Crippen LogP contribution in [0.2, 0.25) is 0 Å². The molecule has 0 radical (unpaired) electrons. The molecule has 0 aliphatic carbocycles. The fourth-order valence-electron chi connectivity index (χ4n) is 2.04. The fourth-order valence-corrected chi connectivity index (χ4v) is 2.04. The molecule has 5 nitrogen and oxygen atoms in total. The maximum absolute atomic E-state index is 12.4. The maximum Gasteiger partial charge on any atom is 0.433 e. The molecule has 1 aromatic carbocycles. The zero-order valence-electron chi connectivity index (χ0n) is 11.4. The van der Waals surface area contributed by atoms with E-state index in [0.29, 0.717) is 12.0 Å². The first-order valence-electron chi connectivity index (χ1n) is 6.47. The third kappa shape index (κ3) is 2.61. The van der Waals surface area contributed by atoms with Crippen LogP contribution in [0.5, 0.6) is 0 Å². The van der Waals surface area contributed by atoms with Crippen molar-refractivity contribution in [2.45, 2.75) is 26.7 Å². The Bertz CT molecular complexity index is 658. The average Bonchev–Trinajstić information content (AvgIpc) is 2.95. The largest absolute Gasteiger partial charge is 0.433 e. The van der Waals surface area contributed by atoms with Crippen LogP contribution in [0.4, 0.5) is 5.88 Å². The molecule has 0 saturated heterocycles. The van der Waals surface area contributed by atoms with Gasteiger partial charge in [0.25, 0.3) is 0 Å². The molecule has 0 unspecified atom stereocenters. The number of furan rings is 1. The first-order chi connectivity index (χ1) is 9.56. The molecule has 0 N–H and O–H groups in total. The van der Waals surface area contributed by atoms with Crippen molar-refractivity contribution in [1.29, 1.82) is 0 Å². The Morgan fingerprint density at radius 2 is 1.95 bits per heavy atom. The SMILES string of the molecule is CCc1ccc(CC)c(C(=O)c2ccc([N+](=O)[O-])o2)c1. The van der Waals surface area contributed by atoms with E-state index in [0.717, 1.165) is 17.5 Å². The second kappa shape index (κ2) is 5.69. The van der Waals surface area contributed by atoms with E-state index < -0.39 is 10.8 Å². The fraction of sp³-hybridized carbons (Fsp3) is 0.267. The number of carbonyl (C=O) groups excluding carboxylic acids is 1. The lowest BCUT2D eigenvalue weighted by molar-refractivity contribution is -0.402. The maximum atomic E-state index is 12.4. The van der Waals surface area contributed by atoms with E-state index in [4.69, 9.17) is 4.42 Å². The zero-order chi connectivity index (χ0) is 14.7. The van der Waals surface area contributed by atoms with Gasteiger partial charge in [-0.15, -0.1) is 0 Å². The summed E-state index contributed by atoms with van der Waals surface area (Å²) in [5.74, 6) is -0.733.